The number of amides is 2. The van der Waals surface area contributed by atoms with Crippen molar-refractivity contribution in [3.8, 4) is 0 Å². The van der Waals surface area contributed by atoms with E-state index in [4.69, 9.17) is 5.73 Å². The summed E-state index contributed by atoms with van der Waals surface area (Å²) >= 11 is 0. The molecule has 0 aromatic rings. The van der Waals surface area contributed by atoms with Crippen molar-refractivity contribution >= 4 is 11.8 Å². The summed E-state index contributed by atoms with van der Waals surface area (Å²) in [6.45, 7) is 3.72. The fraction of sp³-hybridized carbons (Fsp3) is 0.857. The van der Waals surface area contributed by atoms with Crippen molar-refractivity contribution in [1.82, 2.24) is 10.6 Å². The highest BCUT2D eigenvalue weighted by Gasteiger charge is 2.22. The molecule has 0 aliphatic heterocycles. The van der Waals surface area contributed by atoms with Crippen LogP contribution in [-0.4, -0.2) is 31.4 Å². The van der Waals surface area contributed by atoms with Crippen molar-refractivity contribution in [1.29, 1.82) is 0 Å². The Morgan fingerprint density at radius 1 is 1.05 bits per heavy atom. The van der Waals surface area contributed by atoms with Gasteiger partial charge in [0.05, 0.1) is 0 Å². The molecule has 0 saturated heterocycles. The molecule has 1 aliphatic carbocycles. The van der Waals surface area contributed by atoms with Gasteiger partial charge in [-0.1, -0.05) is 0 Å². The second kappa shape index (κ2) is 8.91. The average molecular weight is 269 g/mol. The molecule has 0 atom stereocenters. The van der Waals surface area contributed by atoms with E-state index in [1.807, 2.05) is 6.92 Å². The van der Waals surface area contributed by atoms with Crippen LogP contribution in [0, 0.1) is 11.8 Å². The van der Waals surface area contributed by atoms with Crippen LogP contribution in [0.5, 0.6) is 0 Å². The number of hydrogen-bond donors (Lipinski definition) is 3. The molecule has 1 aliphatic rings. The maximum absolute atomic E-state index is 11.7. The van der Waals surface area contributed by atoms with E-state index in [0.717, 1.165) is 32.2 Å². The van der Waals surface area contributed by atoms with E-state index in [9.17, 15) is 9.59 Å². The lowest BCUT2D eigenvalue weighted by Crippen LogP contribution is -2.32. The molecule has 5 heteroatoms. The SMILES string of the molecule is CCNC(=O)CCNC(=O)CC1CCC(CN)CC1. The second-order valence-corrected chi connectivity index (χ2v) is 5.38. The summed E-state index contributed by atoms with van der Waals surface area (Å²) in [5, 5.41) is 5.53. The summed E-state index contributed by atoms with van der Waals surface area (Å²) in [7, 11) is 0. The van der Waals surface area contributed by atoms with Crippen LogP contribution in [0.1, 0.15) is 45.4 Å². The Bertz CT molecular complexity index is 286. The predicted molar refractivity (Wildman–Crippen MR) is 75.4 cm³/mol. The van der Waals surface area contributed by atoms with Crippen LogP contribution in [0.2, 0.25) is 0 Å². The first-order valence-electron chi connectivity index (χ1n) is 7.39. The normalized spacial score (nSPS) is 22.8. The van der Waals surface area contributed by atoms with Crippen molar-refractivity contribution in [2.24, 2.45) is 17.6 Å². The molecule has 2 amide bonds. The van der Waals surface area contributed by atoms with Crippen molar-refractivity contribution in [2.75, 3.05) is 19.6 Å². The van der Waals surface area contributed by atoms with E-state index in [2.05, 4.69) is 10.6 Å². The highest BCUT2D eigenvalue weighted by Crippen LogP contribution is 2.29. The zero-order valence-electron chi connectivity index (χ0n) is 11.9. The first kappa shape index (κ1) is 16.0. The van der Waals surface area contributed by atoms with Crippen LogP contribution in [0.3, 0.4) is 0 Å². The fourth-order valence-electron chi connectivity index (χ4n) is 2.61. The Hall–Kier alpha value is -1.10. The number of carbonyl (C=O) groups excluding carboxylic acids is 2. The van der Waals surface area contributed by atoms with E-state index in [-0.39, 0.29) is 11.8 Å². The molecule has 110 valence electrons. The summed E-state index contributed by atoms with van der Waals surface area (Å²) in [4.78, 5) is 22.9. The van der Waals surface area contributed by atoms with Gasteiger partial charge in [-0.15, -0.1) is 0 Å². The third-order valence-corrected chi connectivity index (χ3v) is 3.82. The van der Waals surface area contributed by atoms with Gasteiger partial charge in [0.1, 0.15) is 0 Å². The number of nitrogens with one attached hydrogen (secondary N) is 2. The molecule has 1 saturated carbocycles. The van der Waals surface area contributed by atoms with Crippen LogP contribution in [0.25, 0.3) is 0 Å². The van der Waals surface area contributed by atoms with Gasteiger partial charge in [-0.2, -0.15) is 0 Å². The molecular formula is C14H27N3O2. The predicted octanol–water partition coefficient (Wildman–Crippen LogP) is 0.784. The van der Waals surface area contributed by atoms with E-state index in [0.29, 0.717) is 37.8 Å². The van der Waals surface area contributed by atoms with Gasteiger partial charge in [-0.3, -0.25) is 9.59 Å². The third kappa shape index (κ3) is 6.57. The number of rotatable bonds is 7. The van der Waals surface area contributed by atoms with Crippen LogP contribution < -0.4 is 16.4 Å². The van der Waals surface area contributed by atoms with Gasteiger partial charge < -0.3 is 16.4 Å². The van der Waals surface area contributed by atoms with Crippen LogP contribution in [0.4, 0.5) is 0 Å². The first-order valence-corrected chi connectivity index (χ1v) is 7.39. The van der Waals surface area contributed by atoms with Gasteiger partial charge in [0.2, 0.25) is 11.8 Å². The number of hydrogen-bond acceptors (Lipinski definition) is 3. The highest BCUT2D eigenvalue weighted by atomic mass is 16.2. The Balaban J connectivity index is 2.09. The van der Waals surface area contributed by atoms with Crippen LogP contribution in [0.15, 0.2) is 0 Å². The lowest BCUT2D eigenvalue weighted by Gasteiger charge is -2.27. The number of carbonyl (C=O) groups is 2. The standard InChI is InChI=1S/C14H27N3O2/c1-2-16-13(18)7-8-17-14(19)9-11-3-5-12(10-15)6-4-11/h11-12H,2-10,15H2,1H3,(H,16,18)(H,17,19). The van der Waals surface area contributed by atoms with Crippen LogP contribution >= 0.6 is 0 Å². The second-order valence-electron chi connectivity index (χ2n) is 5.38. The summed E-state index contributed by atoms with van der Waals surface area (Å²) in [6.07, 6.45) is 5.45. The van der Waals surface area contributed by atoms with Crippen molar-refractivity contribution < 1.29 is 9.59 Å². The Morgan fingerprint density at radius 3 is 2.26 bits per heavy atom. The largest absolute Gasteiger partial charge is 0.356 e. The molecule has 0 radical (unpaired) electrons. The van der Waals surface area contributed by atoms with Gasteiger partial charge in [-0.25, -0.2) is 0 Å². The van der Waals surface area contributed by atoms with Gasteiger partial charge in [0.15, 0.2) is 0 Å². The Labute approximate surface area is 115 Å². The quantitative estimate of drug-likeness (QED) is 0.638. The van der Waals surface area contributed by atoms with Crippen LogP contribution in [-0.2, 0) is 9.59 Å². The maximum Gasteiger partial charge on any atom is 0.221 e. The lowest BCUT2D eigenvalue weighted by atomic mass is 9.80. The van der Waals surface area contributed by atoms with Crippen molar-refractivity contribution in [2.45, 2.75) is 45.4 Å². The number of nitrogens with two attached hydrogens (primary N) is 1. The molecule has 4 N–H and O–H groups in total. The molecule has 1 rings (SSSR count). The highest BCUT2D eigenvalue weighted by molar-refractivity contribution is 5.79. The minimum Gasteiger partial charge on any atom is -0.356 e. The zero-order chi connectivity index (χ0) is 14.1. The molecule has 0 aromatic heterocycles. The molecule has 0 bridgehead atoms. The molecule has 5 nitrogen and oxygen atoms in total. The Morgan fingerprint density at radius 2 is 1.68 bits per heavy atom. The summed E-state index contributed by atoms with van der Waals surface area (Å²) in [5.74, 6) is 1.20. The first-order chi connectivity index (χ1) is 9.15. The fourth-order valence-corrected chi connectivity index (χ4v) is 2.61. The van der Waals surface area contributed by atoms with E-state index in [1.54, 1.807) is 0 Å². The molecule has 19 heavy (non-hydrogen) atoms. The van der Waals surface area contributed by atoms with Crippen molar-refractivity contribution in [3.05, 3.63) is 0 Å². The summed E-state index contributed by atoms with van der Waals surface area (Å²) in [6, 6.07) is 0. The molecular weight excluding hydrogens is 242 g/mol. The molecule has 0 spiro atoms. The van der Waals surface area contributed by atoms with Gasteiger partial charge in [0, 0.05) is 25.9 Å². The summed E-state index contributed by atoms with van der Waals surface area (Å²) in [5.41, 5.74) is 5.65. The smallest absolute Gasteiger partial charge is 0.221 e. The van der Waals surface area contributed by atoms with Gasteiger partial charge in [-0.05, 0) is 51.0 Å². The molecule has 1 fully saturated rings. The zero-order valence-corrected chi connectivity index (χ0v) is 11.9. The average Bonchev–Trinajstić information content (AvgIpc) is 2.40. The van der Waals surface area contributed by atoms with E-state index < -0.39 is 0 Å². The molecule has 0 heterocycles. The summed E-state index contributed by atoms with van der Waals surface area (Å²) < 4.78 is 0. The lowest BCUT2D eigenvalue weighted by molar-refractivity contribution is -0.123. The minimum atomic E-state index is -0.00810. The maximum atomic E-state index is 11.7. The van der Waals surface area contributed by atoms with Gasteiger partial charge >= 0.3 is 0 Å². The van der Waals surface area contributed by atoms with E-state index >= 15 is 0 Å². The molecule has 0 aromatic carbocycles. The Kier molecular flexibility index (Phi) is 7.48. The molecule has 0 unspecified atom stereocenters. The third-order valence-electron chi connectivity index (χ3n) is 3.82. The monoisotopic (exact) mass is 269 g/mol. The minimum absolute atomic E-state index is 0.00810. The van der Waals surface area contributed by atoms with Gasteiger partial charge in [0.25, 0.3) is 0 Å². The van der Waals surface area contributed by atoms with Crippen molar-refractivity contribution in [3.63, 3.8) is 0 Å². The van der Waals surface area contributed by atoms with E-state index in [1.165, 1.54) is 0 Å². The topological polar surface area (TPSA) is 84.2 Å².